The van der Waals surface area contributed by atoms with Gasteiger partial charge in [-0.05, 0) is 6.42 Å². The van der Waals surface area contributed by atoms with Gasteiger partial charge in [-0.25, -0.2) is 0 Å². The summed E-state index contributed by atoms with van der Waals surface area (Å²) in [4.78, 5) is 0. The molecule has 1 unspecified atom stereocenters. The number of hydrogen-bond acceptors (Lipinski definition) is 0. The van der Waals surface area contributed by atoms with E-state index in [2.05, 4.69) is 49.2 Å². The van der Waals surface area contributed by atoms with E-state index in [1.165, 1.54) is 25.8 Å². The lowest BCUT2D eigenvalue weighted by atomic mass is 10.1. The van der Waals surface area contributed by atoms with Crippen molar-refractivity contribution >= 4 is 0 Å². The SMILES string of the molecule is CCCC(CC[N+](C)(C)C)[N+](C)(C)C.[Cl-].[Cl-]. The lowest BCUT2D eigenvalue weighted by Gasteiger charge is -2.36. The van der Waals surface area contributed by atoms with Gasteiger partial charge in [-0.2, -0.15) is 0 Å². The van der Waals surface area contributed by atoms with Crippen LogP contribution in [0.25, 0.3) is 0 Å². The highest BCUT2D eigenvalue weighted by Gasteiger charge is 2.24. The molecular weight excluding hydrogens is 243 g/mol. The van der Waals surface area contributed by atoms with Crippen LogP contribution in [0.5, 0.6) is 0 Å². The highest BCUT2D eigenvalue weighted by atomic mass is 35.5. The number of rotatable bonds is 6. The minimum absolute atomic E-state index is 0. The van der Waals surface area contributed by atoms with E-state index in [4.69, 9.17) is 0 Å². The summed E-state index contributed by atoms with van der Waals surface area (Å²) >= 11 is 0. The molecule has 0 N–H and O–H groups in total. The third-order valence-electron chi connectivity index (χ3n) is 2.85. The fourth-order valence-corrected chi connectivity index (χ4v) is 1.79. The van der Waals surface area contributed by atoms with E-state index in [9.17, 15) is 0 Å². The van der Waals surface area contributed by atoms with Gasteiger partial charge < -0.3 is 33.8 Å². The maximum atomic E-state index is 2.32. The van der Waals surface area contributed by atoms with E-state index >= 15 is 0 Å². The van der Waals surface area contributed by atoms with Crippen LogP contribution in [0, 0.1) is 0 Å². The average Bonchev–Trinajstić information content (AvgIpc) is 1.93. The first-order chi connectivity index (χ1) is 6.17. The second kappa shape index (κ2) is 8.57. The second-order valence-electron chi connectivity index (χ2n) is 6.36. The Morgan fingerprint density at radius 1 is 0.812 bits per heavy atom. The summed E-state index contributed by atoms with van der Waals surface area (Å²) in [6.45, 7) is 3.56. The monoisotopic (exact) mass is 272 g/mol. The van der Waals surface area contributed by atoms with Crippen molar-refractivity contribution in [1.29, 1.82) is 0 Å². The molecule has 0 saturated carbocycles. The summed E-state index contributed by atoms with van der Waals surface area (Å²) in [6, 6.07) is 0.817. The molecular formula is C12H30Cl2N2. The molecule has 16 heavy (non-hydrogen) atoms. The molecule has 0 heterocycles. The molecule has 2 nitrogen and oxygen atoms in total. The first kappa shape index (κ1) is 21.8. The molecule has 0 aliphatic heterocycles. The lowest BCUT2D eigenvalue weighted by molar-refractivity contribution is -0.908. The third-order valence-corrected chi connectivity index (χ3v) is 2.85. The molecule has 1 atom stereocenters. The fourth-order valence-electron chi connectivity index (χ4n) is 1.79. The van der Waals surface area contributed by atoms with Crippen molar-refractivity contribution in [2.45, 2.75) is 32.2 Å². The molecule has 4 heteroatoms. The van der Waals surface area contributed by atoms with E-state index in [1.807, 2.05) is 0 Å². The zero-order valence-corrected chi connectivity index (χ0v) is 13.6. The summed E-state index contributed by atoms with van der Waals surface area (Å²) in [6.07, 6.45) is 3.99. The van der Waals surface area contributed by atoms with Gasteiger partial charge in [0.1, 0.15) is 0 Å². The zero-order valence-electron chi connectivity index (χ0n) is 12.1. The van der Waals surface area contributed by atoms with Crippen LogP contribution < -0.4 is 24.8 Å². The smallest absolute Gasteiger partial charge is 0.0938 e. The van der Waals surface area contributed by atoms with Crippen molar-refractivity contribution in [3.05, 3.63) is 0 Å². The highest BCUT2D eigenvalue weighted by molar-refractivity contribution is 4.56. The van der Waals surface area contributed by atoms with Gasteiger partial charge in [0.25, 0.3) is 0 Å². The largest absolute Gasteiger partial charge is 1.00 e. The van der Waals surface area contributed by atoms with E-state index < -0.39 is 0 Å². The predicted octanol–water partition coefficient (Wildman–Crippen LogP) is -4.03. The van der Waals surface area contributed by atoms with Crippen molar-refractivity contribution < 1.29 is 33.8 Å². The van der Waals surface area contributed by atoms with Crippen LogP contribution >= 0.6 is 0 Å². The van der Waals surface area contributed by atoms with Crippen molar-refractivity contribution in [3.63, 3.8) is 0 Å². The predicted molar refractivity (Wildman–Crippen MR) is 64.2 cm³/mol. The Balaban J connectivity index is -0.000000845. The Morgan fingerprint density at radius 3 is 1.50 bits per heavy atom. The zero-order chi connectivity index (χ0) is 11.4. The molecule has 0 amide bonds. The quantitative estimate of drug-likeness (QED) is 0.432. The first-order valence-corrected chi connectivity index (χ1v) is 5.78. The van der Waals surface area contributed by atoms with Crippen molar-refractivity contribution in [2.75, 3.05) is 48.8 Å². The minimum atomic E-state index is 0. The molecule has 0 aliphatic carbocycles. The fraction of sp³-hybridized carbons (Fsp3) is 1.00. The van der Waals surface area contributed by atoms with Gasteiger partial charge in [0, 0.05) is 6.42 Å². The van der Waals surface area contributed by atoms with Crippen molar-refractivity contribution in [1.82, 2.24) is 0 Å². The Bertz CT molecular complexity index is 159. The van der Waals surface area contributed by atoms with E-state index in [0.29, 0.717) is 0 Å². The van der Waals surface area contributed by atoms with Gasteiger partial charge >= 0.3 is 0 Å². The molecule has 0 aromatic carbocycles. The Hall–Kier alpha value is 0.500. The number of halogens is 2. The van der Waals surface area contributed by atoms with Crippen LogP contribution in [0.4, 0.5) is 0 Å². The Morgan fingerprint density at radius 2 is 1.25 bits per heavy atom. The molecule has 0 aromatic heterocycles. The minimum Gasteiger partial charge on any atom is -1.00 e. The summed E-state index contributed by atoms with van der Waals surface area (Å²) in [5.41, 5.74) is 0. The van der Waals surface area contributed by atoms with E-state index in [1.54, 1.807) is 0 Å². The molecule has 0 radical (unpaired) electrons. The van der Waals surface area contributed by atoms with Gasteiger partial charge in [0.05, 0.1) is 54.9 Å². The van der Waals surface area contributed by atoms with E-state index in [-0.39, 0.29) is 24.8 Å². The van der Waals surface area contributed by atoms with Crippen LogP contribution in [-0.2, 0) is 0 Å². The van der Waals surface area contributed by atoms with Gasteiger partial charge in [0.15, 0.2) is 0 Å². The van der Waals surface area contributed by atoms with E-state index in [0.717, 1.165) is 15.0 Å². The summed E-state index contributed by atoms with van der Waals surface area (Å²) < 4.78 is 2.19. The molecule has 0 aromatic rings. The normalized spacial score (nSPS) is 13.7. The van der Waals surface area contributed by atoms with Crippen LogP contribution in [0.2, 0.25) is 0 Å². The summed E-state index contributed by atoms with van der Waals surface area (Å²) in [5, 5.41) is 0. The maximum Gasteiger partial charge on any atom is 0.0938 e. The second-order valence-corrected chi connectivity index (χ2v) is 6.36. The van der Waals surface area contributed by atoms with Crippen LogP contribution in [0.3, 0.4) is 0 Å². The Labute approximate surface area is 115 Å². The summed E-state index contributed by atoms with van der Waals surface area (Å²) in [5.74, 6) is 0. The molecule has 0 bridgehead atoms. The van der Waals surface area contributed by atoms with Crippen molar-refractivity contribution in [3.8, 4) is 0 Å². The highest BCUT2D eigenvalue weighted by Crippen LogP contribution is 2.15. The molecule has 0 saturated heterocycles. The molecule has 0 aliphatic rings. The number of quaternary nitrogens is 2. The average molecular weight is 273 g/mol. The van der Waals surface area contributed by atoms with Crippen LogP contribution in [0.15, 0.2) is 0 Å². The van der Waals surface area contributed by atoms with Crippen molar-refractivity contribution in [2.24, 2.45) is 0 Å². The third kappa shape index (κ3) is 11.0. The first-order valence-electron chi connectivity index (χ1n) is 5.78. The van der Waals surface area contributed by atoms with Gasteiger partial charge in [0.2, 0.25) is 0 Å². The van der Waals surface area contributed by atoms with Gasteiger partial charge in [-0.15, -0.1) is 0 Å². The lowest BCUT2D eigenvalue weighted by Crippen LogP contribution is -3.00. The topological polar surface area (TPSA) is 0 Å². The molecule has 0 fully saturated rings. The standard InChI is InChI=1S/C12H30N2.2ClH/c1-8-9-12(14(5,6)7)10-11-13(2,3)4;;/h12H,8-11H2,1-7H3;2*1H/q+2;;/p-2. The molecule has 102 valence electrons. The van der Waals surface area contributed by atoms with Gasteiger partial charge in [-0.1, -0.05) is 13.3 Å². The maximum absolute atomic E-state index is 2.32. The number of hydrogen-bond donors (Lipinski definition) is 0. The van der Waals surface area contributed by atoms with Gasteiger partial charge in [-0.3, -0.25) is 0 Å². The van der Waals surface area contributed by atoms with Crippen LogP contribution in [-0.4, -0.2) is 63.8 Å². The summed E-state index contributed by atoms with van der Waals surface area (Å²) in [7, 11) is 13.8. The molecule has 0 spiro atoms. The molecule has 0 rings (SSSR count). The van der Waals surface area contributed by atoms with Crippen LogP contribution in [0.1, 0.15) is 26.2 Å². The number of nitrogens with zero attached hydrogens (tertiary/aromatic N) is 2. The Kier molecular flexibility index (Phi) is 11.7.